The van der Waals surface area contributed by atoms with Gasteiger partial charge in [-0.2, -0.15) is 0 Å². The molecular formula is C12H16ClNO2. The highest BCUT2D eigenvalue weighted by molar-refractivity contribution is 6.32. The number of carbonyl (C=O) groups excluding carboxylic acids is 1. The van der Waals surface area contributed by atoms with Gasteiger partial charge in [0.15, 0.2) is 0 Å². The lowest BCUT2D eigenvalue weighted by Crippen LogP contribution is -2.42. The van der Waals surface area contributed by atoms with Gasteiger partial charge in [0.1, 0.15) is 5.75 Å². The van der Waals surface area contributed by atoms with Crippen LogP contribution < -0.4 is 5.32 Å². The van der Waals surface area contributed by atoms with Crippen LogP contribution in [-0.2, 0) is 0 Å². The molecule has 0 aliphatic heterocycles. The van der Waals surface area contributed by atoms with E-state index < -0.39 is 0 Å². The number of halogens is 1. The van der Waals surface area contributed by atoms with Crippen LogP contribution in [0.5, 0.6) is 5.75 Å². The number of phenols is 1. The van der Waals surface area contributed by atoms with Gasteiger partial charge in [0, 0.05) is 11.1 Å². The van der Waals surface area contributed by atoms with Crippen molar-refractivity contribution in [3.63, 3.8) is 0 Å². The Morgan fingerprint density at radius 2 is 2.12 bits per heavy atom. The SMILES string of the molecule is CCC(C)(C)NC(=O)c1ccc(O)c(Cl)c1. The first-order chi connectivity index (χ1) is 7.35. The number of nitrogens with one attached hydrogen (secondary N) is 1. The molecule has 0 radical (unpaired) electrons. The van der Waals surface area contributed by atoms with Crippen molar-refractivity contribution < 1.29 is 9.90 Å². The lowest BCUT2D eigenvalue weighted by atomic mass is 10.0. The fourth-order valence-electron chi connectivity index (χ4n) is 1.12. The van der Waals surface area contributed by atoms with Crippen LogP contribution in [0, 0.1) is 0 Å². The third-order valence-corrected chi connectivity index (χ3v) is 2.85. The van der Waals surface area contributed by atoms with E-state index in [4.69, 9.17) is 11.6 Å². The lowest BCUT2D eigenvalue weighted by Gasteiger charge is -2.24. The van der Waals surface area contributed by atoms with E-state index in [9.17, 15) is 9.90 Å². The average molecular weight is 242 g/mol. The Morgan fingerprint density at radius 3 is 2.62 bits per heavy atom. The van der Waals surface area contributed by atoms with Crippen molar-refractivity contribution in [3.8, 4) is 5.75 Å². The molecule has 2 N–H and O–H groups in total. The molecule has 1 amide bonds. The topological polar surface area (TPSA) is 49.3 Å². The number of benzene rings is 1. The number of hydrogen-bond acceptors (Lipinski definition) is 2. The highest BCUT2D eigenvalue weighted by Gasteiger charge is 2.19. The molecule has 1 aromatic carbocycles. The summed E-state index contributed by atoms with van der Waals surface area (Å²) in [7, 11) is 0. The second kappa shape index (κ2) is 4.74. The largest absolute Gasteiger partial charge is 0.506 e. The van der Waals surface area contributed by atoms with Gasteiger partial charge < -0.3 is 10.4 Å². The number of carbonyl (C=O) groups is 1. The van der Waals surface area contributed by atoms with E-state index in [0.717, 1.165) is 6.42 Å². The molecule has 0 aromatic heterocycles. The molecule has 0 saturated heterocycles. The number of phenolic OH excluding ortho intramolecular Hbond substituents is 1. The van der Waals surface area contributed by atoms with Crippen LogP contribution in [0.15, 0.2) is 18.2 Å². The van der Waals surface area contributed by atoms with Crippen molar-refractivity contribution in [2.45, 2.75) is 32.7 Å². The van der Waals surface area contributed by atoms with E-state index in [0.29, 0.717) is 5.56 Å². The quantitative estimate of drug-likeness (QED) is 0.855. The second-order valence-electron chi connectivity index (χ2n) is 4.36. The van der Waals surface area contributed by atoms with Crippen LogP contribution in [-0.4, -0.2) is 16.6 Å². The van der Waals surface area contributed by atoms with Crippen LogP contribution in [0.1, 0.15) is 37.6 Å². The van der Waals surface area contributed by atoms with Gasteiger partial charge in [0.2, 0.25) is 0 Å². The molecule has 0 heterocycles. The lowest BCUT2D eigenvalue weighted by molar-refractivity contribution is 0.0911. The van der Waals surface area contributed by atoms with E-state index in [2.05, 4.69) is 5.32 Å². The van der Waals surface area contributed by atoms with Gasteiger partial charge >= 0.3 is 0 Å². The summed E-state index contributed by atoms with van der Waals surface area (Å²) in [6.45, 7) is 5.91. The third kappa shape index (κ3) is 3.14. The first-order valence-corrected chi connectivity index (χ1v) is 5.54. The van der Waals surface area contributed by atoms with Crippen molar-refractivity contribution in [2.75, 3.05) is 0 Å². The molecule has 0 aliphatic carbocycles. The minimum Gasteiger partial charge on any atom is -0.506 e. The molecule has 16 heavy (non-hydrogen) atoms. The van der Waals surface area contributed by atoms with Crippen molar-refractivity contribution in [1.82, 2.24) is 5.32 Å². The summed E-state index contributed by atoms with van der Waals surface area (Å²) >= 11 is 5.73. The molecule has 0 unspecified atom stereocenters. The Labute approximate surface area is 100 Å². The van der Waals surface area contributed by atoms with E-state index in [1.807, 2.05) is 20.8 Å². The Balaban J connectivity index is 2.85. The Bertz CT molecular complexity index is 402. The minimum atomic E-state index is -0.249. The maximum absolute atomic E-state index is 11.8. The van der Waals surface area contributed by atoms with Gasteiger partial charge in [0.25, 0.3) is 5.91 Å². The van der Waals surface area contributed by atoms with Crippen LogP contribution in [0.25, 0.3) is 0 Å². The summed E-state index contributed by atoms with van der Waals surface area (Å²) in [6.07, 6.45) is 0.838. The van der Waals surface area contributed by atoms with Crippen molar-refractivity contribution in [1.29, 1.82) is 0 Å². The number of rotatable bonds is 3. The van der Waals surface area contributed by atoms with Crippen molar-refractivity contribution in [2.24, 2.45) is 0 Å². The molecule has 0 saturated carbocycles. The van der Waals surface area contributed by atoms with Gasteiger partial charge in [-0.05, 0) is 38.5 Å². The molecule has 0 fully saturated rings. The first-order valence-electron chi connectivity index (χ1n) is 5.17. The van der Waals surface area contributed by atoms with Crippen molar-refractivity contribution in [3.05, 3.63) is 28.8 Å². The fraction of sp³-hybridized carbons (Fsp3) is 0.417. The second-order valence-corrected chi connectivity index (χ2v) is 4.76. The first kappa shape index (κ1) is 12.8. The van der Waals surface area contributed by atoms with Gasteiger partial charge in [0.05, 0.1) is 5.02 Å². The van der Waals surface area contributed by atoms with Gasteiger partial charge in [-0.3, -0.25) is 4.79 Å². The number of aromatic hydroxyl groups is 1. The average Bonchev–Trinajstić information content (AvgIpc) is 2.21. The van der Waals surface area contributed by atoms with E-state index in [1.54, 1.807) is 6.07 Å². The maximum Gasteiger partial charge on any atom is 0.251 e. The van der Waals surface area contributed by atoms with E-state index in [-0.39, 0.29) is 22.2 Å². The number of amides is 1. The Kier molecular flexibility index (Phi) is 3.81. The highest BCUT2D eigenvalue weighted by Crippen LogP contribution is 2.23. The highest BCUT2D eigenvalue weighted by atomic mass is 35.5. The summed E-state index contributed by atoms with van der Waals surface area (Å²) in [5.41, 5.74) is 0.200. The monoisotopic (exact) mass is 241 g/mol. The zero-order valence-electron chi connectivity index (χ0n) is 9.67. The molecule has 88 valence electrons. The van der Waals surface area contributed by atoms with E-state index >= 15 is 0 Å². The van der Waals surface area contributed by atoms with Crippen LogP contribution in [0.4, 0.5) is 0 Å². The molecule has 0 spiro atoms. The van der Waals surface area contributed by atoms with Crippen LogP contribution >= 0.6 is 11.6 Å². The smallest absolute Gasteiger partial charge is 0.251 e. The maximum atomic E-state index is 11.8. The Morgan fingerprint density at radius 1 is 1.50 bits per heavy atom. The Hall–Kier alpha value is -1.22. The predicted octanol–water partition coefficient (Wildman–Crippen LogP) is 2.96. The zero-order chi connectivity index (χ0) is 12.3. The molecule has 0 aliphatic rings. The van der Waals surface area contributed by atoms with Gasteiger partial charge in [-0.15, -0.1) is 0 Å². The molecule has 0 atom stereocenters. The minimum absolute atomic E-state index is 0.0204. The van der Waals surface area contributed by atoms with E-state index in [1.165, 1.54) is 12.1 Å². The van der Waals surface area contributed by atoms with Crippen molar-refractivity contribution >= 4 is 17.5 Å². The number of hydrogen-bond donors (Lipinski definition) is 2. The third-order valence-electron chi connectivity index (χ3n) is 2.55. The summed E-state index contributed by atoms with van der Waals surface area (Å²) in [4.78, 5) is 11.8. The standard InChI is InChI=1S/C12H16ClNO2/c1-4-12(2,3)14-11(16)8-5-6-10(15)9(13)7-8/h5-7,15H,4H2,1-3H3,(H,14,16). The van der Waals surface area contributed by atoms with Crippen LogP contribution in [0.2, 0.25) is 5.02 Å². The molecule has 1 aromatic rings. The molecular weight excluding hydrogens is 226 g/mol. The summed E-state index contributed by atoms with van der Waals surface area (Å²) < 4.78 is 0. The van der Waals surface area contributed by atoms with Gasteiger partial charge in [-0.25, -0.2) is 0 Å². The molecule has 3 nitrogen and oxygen atoms in total. The zero-order valence-corrected chi connectivity index (χ0v) is 10.4. The summed E-state index contributed by atoms with van der Waals surface area (Å²) in [5, 5.41) is 12.3. The molecule has 1 rings (SSSR count). The fourth-order valence-corrected chi connectivity index (χ4v) is 1.30. The van der Waals surface area contributed by atoms with Crippen LogP contribution in [0.3, 0.4) is 0 Å². The summed E-state index contributed by atoms with van der Waals surface area (Å²) in [6, 6.07) is 4.41. The summed E-state index contributed by atoms with van der Waals surface area (Å²) in [5.74, 6) is -0.207. The normalized spacial score (nSPS) is 11.2. The molecule has 0 bridgehead atoms. The molecule has 4 heteroatoms. The predicted molar refractivity (Wildman–Crippen MR) is 65.0 cm³/mol. The van der Waals surface area contributed by atoms with Gasteiger partial charge in [-0.1, -0.05) is 18.5 Å².